The summed E-state index contributed by atoms with van der Waals surface area (Å²) in [5.74, 6) is 0. The Kier molecular flexibility index (Phi) is 32.7. The van der Waals surface area contributed by atoms with E-state index in [4.69, 9.17) is 22.9 Å². The molecule has 16 heavy (non-hydrogen) atoms. The fourth-order valence-corrected chi connectivity index (χ4v) is 0.668. The Balaban J connectivity index is -0.0000000417. The van der Waals surface area contributed by atoms with Gasteiger partial charge in [-0.15, -0.1) is 49.6 Å². The van der Waals surface area contributed by atoms with Crippen molar-refractivity contribution in [2.45, 2.75) is 0 Å². The summed E-state index contributed by atoms with van der Waals surface area (Å²) in [4.78, 5) is 0. The topological polar surface area (TPSA) is 174 Å². The van der Waals surface area contributed by atoms with Crippen LogP contribution < -0.4 is 35.2 Å². The van der Waals surface area contributed by atoms with Gasteiger partial charge in [-0.25, -0.2) is 0 Å². The van der Waals surface area contributed by atoms with Crippen LogP contribution in [0.1, 0.15) is 0 Å². The van der Waals surface area contributed by atoms with Gasteiger partial charge in [0.1, 0.15) is 0 Å². The zero-order valence-electron chi connectivity index (χ0n) is 8.51. The highest BCUT2D eigenvalue weighted by Crippen LogP contribution is 2.23. The summed E-state index contributed by atoms with van der Waals surface area (Å²) < 4.78 is 0. The van der Waals surface area contributed by atoms with Crippen LogP contribution in [-0.4, -0.2) is 0 Å². The molecule has 1 rings (SSSR count). The molecule has 0 atom stereocenters. The standard InChI is InChI=1S/C6H10N4.4ClH.2H3N/c7-3-1-4(8)6(10)2-5(3)9;;;;;;/h1-2H,7-10H2;4*1H;2*1H3. The van der Waals surface area contributed by atoms with E-state index in [-0.39, 0.29) is 61.9 Å². The summed E-state index contributed by atoms with van der Waals surface area (Å²) >= 11 is 0. The van der Waals surface area contributed by atoms with Gasteiger partial charge in [0.05, 0.1) is 22.7 Å². The summed E-state index contributed by atoms with van der Waals surface area (Å²) in [5, 5.41) is 0. The highest BCUT2D eigenvalue weighted by molar-refractivity contribution is 5.86. The zero-order chi connectivity index (χ0) is 7.72. The van der Waals surface area contributed by atoms with Crippen LogP contribution in [0.4, 0.5) is 22.7 Å². The minimum atomic E-state index is 0. The van der Waals surface area contributed by atoms with E-state index in [1.807, 2.05) is 0 Å². The lowest BCUT2D eigenvalue weighted by Crippen LogP contribution is -2.00. The lowest BCUT2D eigenvalue weighted by atomic mass is 10.2. The molecule has 1 aromatic rings. The molecule has 6 nitrogen and oxygen atoms in total. The molecule has 10 heteroatoms. The summed E-state index contributed by atoms with van der Waals surface area (Å²) in [5.41, 5.74) is 23.6. The smallest absolute Gasteiger partial charge is 0.0570 e. The predicted molar refractivity (Wildman–Crippen MR) is 83.1 cm³/mol. The molecule has 1 aromatic carbocycles. The lowest BCUT2D eigenvalue weighted by molar-refractivity contribution is 1.64. The van der Waals surface area contributed by atoms with Crippen molar-refractivity contribution in [1.29, 1.82) is 0 Å². The zero-order valence-corrected chi connectivity index (χ0v) is 11.8. The van der Waals surface area contributed by atoms with Crippen molar-refractivity contribution in [1.82, 2.24) is 12.3 Å². The first-order valence-corrected chi connectivity index (χ1v) is 2.81. The van der Waals surface area contributed by atoms with Gasteiger partial charge in [-0.3, -0.25) is 0 Å². The molecule has 102 valence electrons. The second-order valence-electron chi connectivity index (χ2n) is 2.11. The third-order valence-corrected chi connectivity index (χ3v) is 1.29. The summed E-state index contributed by atoms with van der Waals surface area (Å²) in [6.45, 7) is 0. The number of hydrogen-bond donors (Lipinski definition) is 6. The molecule has 0 radical (unpaired) electrons. The monoisotopic (exact) mass is 316 g/mol. The first-order chi connectivity index (χ1) is 4.61. The van der Waals surface area contributed by atoms with E-state index < -0.39 is 0 Å². The maximum absolute atomic E-state index is 5.43. The van der Waals surface area contributed by atoms with Crippen LogP contribution in [0, 0.1) is 0 Å². The van der Waals surface area contributed by atoms with E-state index in [0.29, 0.717) is 22.7 Å². The van der Waals surface area contributed by atoms with Crippen molar-refractivity contribution in [2.75, 3.05) is 22.9 Å². The third-order valence-electron chi connectivity index (χ3n) is 1.29. The van der Waals surface area contributed by atoms with Crippen molar-refractivity contribution >= 4 is 72.4 Å². The minimum Gasteiger partial charge on any atom is -0.397 e. The number of rotatable bonds is 0. The van der Waals surface area contributed by atoms with Crippen LogP contribution in [0.25, 0.3) is 0 Å². The van der Waals surface area contributed by atoms with E-state index in [0.717, 1.165) is 0 Å². The number of nitrogens with two attached hydrogens (primary N) is 4. The van der Waals surface area contributed by atoms with Crippen LogP contribution in [0.15, 0.2) is 12.1 Å². The molecule has 0 fully saturated rings. The molecule has 0 aliphatic rings. The number of benzene rings is 1. The molecule has 0 spiro atoms. The van der Waals surface area contributed by atoms with Crippen molar-refractivity contribution in [3.05, 3.63) is 12.1 Å². The van der Waals surface area contributed by atoms with Gasteiger partial charge in [0.2, 0.25) is 0 Å². The normalized spacial score (nSPS) is 6.00. The molecule has 0 saturated carbocycles. The molecule has 0 heterocycles. The highest BCUT2D eigenvalue weighted by atomic mass is 35.5. The molecule has 0 amide bonds. The average Bonchev–Trinajstić information content (AvgIpc) is 1.84. The number of hydrogen-bond acceptors (Lipinski definition) is 6. The Labute approximate surface area is 120 Å². The second-order valence-corrected chi connectivity index (χ2v) is 2.11. The van der Waals surface area contributed by atoms with Gasteiger partial charge in [-0.2, -0.15) is 0 Å². The third kappa shape index (κ3) is 8.78. The SMILES string of the molecule is Cl.Cl.Cl.Cl.N.N.Nc1cc(N)c(N)cc1N. The van der Waals surface area contributed by atoms with Gasteiger partial charge in [-0.05, 0) is 12.1 Å². The Morgan fingerprint density at radius 3 is 0.750 bits per heavy atom. The van der Waals surface area contributed by atoms with Crippen LogP contribution in [0.5, 0.6) is 0 Å². The molecule has 0 bridgehead atoms. The number of anilines is 4. The van der Waals surface area contributed by atoms with Crippen LogP contribution in [0.3, 0.4) is 0 Å². The molecular formula is C6H20Cl4N6. The fourth-order valence-electron chi connectivity index (χ4n) is 0.668. The van der Waals surface area contributed by atoms with Gasteiger partial charge in [0.15, 0.2) is 0 Å². The molecule has 0 aliphatic heterocycles. The van der Waals surface area contributed by atoms with Crippen LogP contribution >= 0.6 is 49.6 Å². The molecule has 0 saturated heterocycles. The summed E-state index contributed by atoms with van der Waals surface area (Å²) in [6.07, 6.45) is 0. The van der Waals surface area contributed by atoms with E-state index in [1.165, 1.54) is 0 Å². The Morgan fingerprint density at radius 1 is 0.500 bits per heavy atom. The van der Waals surface area contributed by atoms with Crippen molar-refractivity contribution in [2.24, 2.45) is 0 Å². The quantitative estimate of drug-likeness (QED) is 0.399. The van der Waals surface area contributed by atoms with Gasteiger partial charge in [0, 0.05) is 0 Å². The van der Waals surface area contributed by atoms with Gasteiger partial charge >= 0.3 is 0 Å². The van der Waals surface area contributed by atoms with Crippen molar-refractivity contribution in [3.63, 3.8) is 0 Å². The predicted octanol–water partition coefficient (Wildman–Crippen LogP) is 2.03. The number of halogens is 4. The molecule has 0 unspecified atom stereocenters. The van der Waals surface area contributed by atoms with Gasteiger partial charge in [-0.1, -0.05) is 0 Å². The van der Waals surface area contributed by atoms with Gasteiger partial charge in [0.25, 0.3) is 0 Å². The summed E-state index contributed by atoms with van der Waals surface area (Å²) in [7, 11) is 0. The Morgan fingerprint density at radius 2 is 0.625 bits per heavy atom. The first-order valence-electron chi connectivity index (χ1n) is 2.81. The van der Waals surface area contributed by atoms with E-state index in [2.05, 4.69) is 0 Å². The lowest BCUT2D eigenvalue weighted by Gasteiger charge is -2.03. The molecule has 0 aliphatic carbocycles. The maximum Gasteiger partial charge on any atom is 0.0570 e. The van der Waals surface area contributed by atoms with E-state index >= 15 is 0 Å². The van der Waals surface area contributed by atoms with Crippen LogP contribution in [0.2, 0.25) is 0 Å². The molecule has 0 aromatic heterocycles. The average molecular weight is 318 g/mol. The van der Waals surface area contributed by atoms with Crippen molar-refractivity contribution < 1.29 is 0 Å². The molecule has 14 N–H and O–H groups in total. The Hall–Kier alpha value is -0.500. The maximum atomic E-state index is 5.43. The first kappa shape index (κ1) is 36.1. The number of nitrogen functional groups attached to an aromatic ring is 4. The highest BCUT2D eigenvalue weighted by Gasteiger charge is 1.97. The Bertz CT molecular complexity index is 221. The second kappa shape index (κ2) is 14.5. The van der Waals surface area contributed by atoms with Crippen molar-refractivity contribution in [3.8, 4) is 0 Å². The van der Waals surface area contributed by atoms with E-state index in [1.54, 1.807) is 12.1 Å². The van der Waals surface area contributed by atoms with Gasteiger partial charge < -0.3 is 35.2 Å². The molecular weight excluding hydrogens is 298 g/mol. The largest absolute Gasteiger partial charge is 0.397 e. The summed E-state index contributed by atoms with van der Waals surface area (Å²) in [6, 6.07) is 3.09. The minimum absolute atomic E-state index is 0. The van der Waals surface area contributed by atoms with Crippen LogP contribution in [-0.2, 0) is 0 Å². The van der Waals surface area contributed by atoms with E-state index in [9.17, 15) is 0 Å². The fraction of sp³-hybridized carbons (Fsp3) is 0.